The van der Waals surface area contributed by atoms with Gasteiger partial charge in [-0.1, -0.05) is 24.3 Å². The number of amides is 2. The lowest BCUT2D eigenvalue weighted by Gasteiger charge is -2.31. The number of nitrogens with one attached hydrogen (secondary N) is 1. The zero-order valence-corrected chi connectivity index (χ0v) is 27.0. The molecule has 2 aliphatic heterocycles. The summed E-state index contributed by atoms with van der Waals surface area (Å²) in [7, 11) is -2.40. The summed E-state index contributed by atoms with van der Waals surface area (Å²) in [4.78, 5) is 39.3. The van der Waals surface area contributed by atoms with E-state index in [1.165, 1.54) is 17.7 Å². The van der Waals surface area contributed by atoms with Gasteiger partial charge in [0.15, 0.2) is 28.3 Å². The second kappa shape index (κ2) is 13.8. The largest absolute Gasteiger partial charge is 0.497 e. The van der Waals surface area contributed by atoms with Gasteiger partial charge in [-0.25, -0.2) is 23.7 Å². The number of methoxy groups -OCH3 is 1. The van der Waals surface area contributed by atoms with Gasteiger partial charge in [-0.2, -0.15) is 0 Å². The van der Waals surface area contributed by atoms with Crippen molar-refractivity contribution in [3.8, 4) is 27.5 Å². The van der Waals surface area contributed by atoms with Crippen LogP contribution >= 0.6 is 11.3 Å². The van der Waals surface area contributed by atoms with Crippen molar-refractivity contribution in [3.05, 3.63) is 83.7 Å². The van der Waals surface area contributed by atoms with Crippen LogP contribution in [0, 0.1) is 0 Å². The fraction of sp³-hybridized carbons (Fsp3) is 0.364. The van der Waals surface area contributed by atoms with Gasteiger partial charge in [0.1, 0.15) is 10.5 Å². The standard InChI is InChI=1S/C33H35N3O8S2/c1-41-26-11-9-25(10-12-26)32(38)36-16-15-33(46(39,40)19-17-36,20-30(37)35-44-31-4-2-3-18-42-31)29-14-13-28(45-29)24-7-5-23(6-8-24)27-21-34-22-43-27/h5-14,21-22,31H,2-4,15-20H2,1H3,(H,35,37). The number of carbonyl (C=O) groups excluding carboxylic acids is 2. The molecule has 4 heterocycles. The first-order valence-electron chi connectivity index (χ1n) is 15.1. The molecule has 0 aliphatic carbocycles. The fourth-order valence-corrected chi connectivity index (χ4v) is 9.42. The molecule has 0 radical (unpaired) electrons. The monoisotopic (exact) mass is 665 g/mol. The number of sulfone groups is 1. The Morgan fingerprint density at radius 3 is 2.52 bits per heavy atom. The third kappa shape index (κ3) is 6.73. The quantitative estimate of drug-likeness (QED) is 0.239. The van der Waals surface area contributed by atoms with Crippen molar-refractivity contribution in [1.82, 2.24) is 15.4 Å². The maximum atomic E-state index is 14.3. The van der Waals surface area contributed by atoms with Crippen LogP contribution in [0.3, 0.4) is 0 Å². The van der Waals surface area contributed by atoms with Gasteiger partial charge in [0, 0.05) is 47.0 Å². The maximum Gasteiger partial charge on any atom is 0.253 e. The third-order valence-corrected chi connectivity index (χ3v) is 12.4. The van der Waals surface area contributed by atoms with Crippen molar-refractivity contribution in [2.24, 2.45) is 0 Å². The van der Waals surface area contributed by atoms with E-state index < -0.39 is 26.8 Å². The topological polar surface area (TPSA) is 137 Å². The minimum absolute atomic E-state index is 0.00428. The Morgan fingerprint density at radius 1 is 1.04 bits per heavy atom. The van der Waals surface area contributed by atoms with E-state index in [9.17, 15) is 18.0 Å². The molecular weight excluding hydrogens is 631 g/mol. The number of thiophene rings is 1. The lowest BCUT2D eigenvalue weighted by Crippen LogP contribution is -2.43. The maximum absolute atomic E-state index is 14.3. The molecule has 4 aromatic rings. The van der Waals surface area contributed by atoms with Crippen LogP contribution in [-0.4, -0.2) is 69.0 Å². The number of benzene rings is 2. The smallest absolute Gasteiger partial charge is 0.253 e. The van der Waals surface area contributed by atoms with E-state index in [0.29, 0.717) is 35.0 Å². The molecule has 1 N–H and O–H groups in total. The Bertz CT molecular complexity index is 1750. The minimum Gasteiger partial charge on any atom is -0.497 e. The number of aromatic nitrogens is 1. The lowest BCUT2D eigenvalue weighted by atomic mass is 9.97. The number of nitrogens with zero attached hydrogens (tertiary/aromatic N) is 2. The van der Waals surface area contributed by atoms with Gasteiger partial charge in [-0.05, 0) is 61.2 Å². The Hall–Kier alpha value is -4.04. The van der Waals surface area contributed by atoms with E-state index in [0.717, 1.165) is 28.8 Å². The van der Waals surface area contributed by atoms with Gasteiger partial charge in [-0.3, -0.25) is 9.59 Å². The molecule has 13 heteroatoms. The van der Waals surface area contributed by atoms with Gasteiger partial charge >= 0.3 is 0 Å². The molecule has 6 rings (SSSR count). The van der Waals surface area contributed by atoms with E-state index in [1.54, 1.807) is 48.5 Å². The number of ether oxygens (including phenoxy) is 2. The average Bonchev–Trinajstić information content (AvgIpc) is 3.79. The molecule has 2 unspecified atom stereocenters. The van der Waals surface area contributed by atoms with Crippen molar-refractivity contribution < 1.29 is 36.7 Å². The molecule has 2 aromatic heterocycles. The predicted octanol–water partition coefficient (Wildman–Crippen LogP) is 5.20. The molecule has 2 aliphatic rings. The van der Waals surface area contributed by atoms with Gasteiger partial charge in [0.25, 0.3) is 5.91 Å². The Morgan fingerprint density at radius 2 is 1.83 bits per heavy atom. The van der Waals surface area contributed by atoms with Crippen LogP contribution in [0.2, 0.25) is 0 Å². The van der Waals surface area contributed by atoms with Crippen molar-refractivity contribution in [2.75, 3.05) is 32.6 Å². The van der Waals surface area contributed by atoms with Crippen LogP contribution in [0.1, 0.15) is 47.3 Å². The molecule has 46 heavy (non-hydrogen) atoms. The first-order valence-corrected chi connectivity index (χ1v) is 17.6. The molecule has 2 atom stereocenters. The highest BCUT2D eigenvalue weighted by Crippen LogP contribution is 2.45. The molecule has 2 aromatic carbocycles. The van der Waals surface area contributed by atoms with Crippen molar-refractivity contribution >= 4 is 33.0 Å². The number of hydrogen-bond donors (Lipinski definition) is 1. The van der Waals surface area contributed by atoms with Gasteiger partial charge in [-0.15, -0.1) is 11.3 Å². The van der Waals surface area contributed by atoms with Crippen molar-refractivity contribution in [1.29, 1.82) is 0 Å². The highest BCUT2D eigenvalue weighted by atomic mass is 32.2. The Balaban J connectivity index is 1.29. The highest BCUT2D eigenvalue weighted by Gasteiger charge is 2.50. The third-order valence-electron chi connectivity index (χ3n) is 8.46. The number of hydrogen-bond acceptors (Lipinski definition) is 10. The fourth-order valence-electron chi connectivity index (χ4n) is 5.82. The molecule has 2 fully saturated rings. The van der Waals surface area contributed by atoms with Crippen molar-refractivity contribution in [3.63, 3.8) is 0 Å². The number of rotatable bonds is 9. The zero-order valence-electron chi connectivity index (χ0n) is 25.3. The molecular formula is C33H35N3O8S2. The van der Waals surface area contributed by atoms with E-state index in [1.807, 2.05) is 30.3 Å². The van der Waals surface area contributed by atoms with E-state index in [-0.39, 0.29) is 37.6 Å². The first-order chi connectivity index (χ1) is 22.3. The average molecular weight is 666 g/mol. The molecule has 0 spiro atoms. The number of oxazole rings is 1. The second-order valence-corrected chi connectivity index (χ2v) is 14.8. The SMILES string of the molecule is COc1ccc(C(=O)N2CCC(CC(=O)NOC3CCCCO3)(c3ccc(-c4ccc(-c5cnco5)cc4)s3)S(=O)(=O)CC2)cc1. The number of carbonyl (C=O) groups is 2. The van der Waals surface area contributed by atoms with E-state index in [2.05, 4.69) is 10.5 Å². The molecule has 0 saturated carbocycles. The van der Waals surface area contributed by atoms with Crippen molar-refractivity contribution in [2.45, 2.75) is 43.1 Å². The summed E-state index contributed by atoms with van der Waals surface area (Å²) in [6.07, 6.45) is 4.57. The lowest BCUT2D eigenvalue weighted by molar-refractivity contribution is -0.200. The molecule has 11 nitrogen and oxygen atoms in total. The summed E-state index contributed by atoms with van der Waals surface area (Å²) < 4.78 is 43.1. The molecule has 242 valence electrons. The summed E-state index contributed by atoms with van der Waals surface area (Å²) in [5, 5.41) is 0. The van der Waals surface area contributed by atoms with Crippen LogP contribution in [0.5, 0.6) is 5.75 Å². The van der Waals surface area contributed by atoms with Crippen LogP contribution in [-0.2, 0) is 29.0 Å². The van der Waals surface area contributed by atoms with Gasteiger partial charge in [0.05, 0.1) is 25.5 Å². The number of hydroxylamine groups is 1. The summed E-state index contributed by atoms with van der Waals surface area (Å²) in [5.74, 6) is 0.103. The first kappa shape index (κ1) is 31.9. The normalized spacial score (nSPS) is 21.3. The Kier molecular flexibility index (Phi) is 9.54. The van der Waals surface area contributed by atoms with Gasteiger partial charge in [0.2, 0.25) is 5.91 Å². The minimum atomic E-state index is -3.95. The van der Waals surface area contributed by atoms with Crippen LogP contribution in [0.25, 0.3) is 21.8 Å². The van der Waals surface area contributed by atoms with Crippen LogP contribution < -0.4 is 10.2 Å². The van der Waals surface area contributed by atoms with E-state index >= 15 is 0 Å². The molecule has 0 bridgehead atoms. The van der Waals surface area contributed by atoms with Gasteiger partial charge < -0.3 is 18.8 Å². The molecule has 2 saturated heterocycles. The van der Waals surface area contributed by atoms with Crippen LogP contribution in [0.15, 0.2) is 77.7 Å². The summed E-state index contributed by atoms with van der Waals surface area (Å²) in [6.45, 7) is 0.682. The van der Waals surface area contributed by atoms with E-state index in [4.69, 9.17) is 18.7 Å². The Labute approximate surface area is 271 Å². The second-order valence-electron chi connectivity index (χ2n) is 11.3. The summed E-state index contributed by atoms with van der Waals surface area (Å²) in [5.41, 5.74) is 4.63. The van der Waals surface area contributed by atoms with Crippen LogP contribution in [0.4, 0.5) is 0 Å². The summed E-state index contributed by atoms with van der Waals surface area (Å²) >= 11 is 1.33. The summed E-state index contributed by atoms with van der Waals surface area (Å²) in [6, 6.07) is 18.0. The highest BCUT2D eigenvalue weighted by molar-refractivity contribution is 7.92. The molecule has 2 amide bonds. The predicted molar refractivity (Wildman–Crippen MR) is 172 cm³/mol. The zero-order chi connectivity index (χ0) is 32.1.